The van der Waals surface area contributed by atoms with Gasteiger partial charge in [0.05, 0.1) is 11.6 Å². The normalized spacial score (nSPS) is 17.9. The fourth-order valence-electron chi connectivity index (χ4n) is 2.58. The molecule has 1 atom stereocenters. The zero-order valence-electron chi connectivity index (χ0n) is 14.1. The van der Waals surface area contributed by atoms with Gasteiger partial charge in [0.1, 0.15) is 5.60 Å². The van der Waals surface area contributed by atoms with Gasteiger partial charge in [-0.1, -0.05) is 18.2 Å². The lowest BCUT2D eigenvalue weighted by molar-refractivity contribution is 0.0507. The topological polar surface area (TPSA) is 67.8 Å². The van der Waals surface area contributed by atoms with Gasteiger partial charge in [-0.25, -0.2) is 4.79 Å². The zero-order valence-corrected chi connectivity index (χ0v) is 14.1. The molecule has 0 aliphatic carbocycles. The van der Waals surface area contributed by atoms with Crippen LogP contribution in [0.5, 0.6) is 0 Å². The number of nitrogens with one attached hydrogen (secondary N) is 1. The first kappa shape index (κ1) is 16.8. The Kier molecular flexibility index (Phi) is 4.28. The van der Waals surface area contributed by atoms with Crippen LogP contribution in [0.15, 0.2) is 18.2 Å². The Labute approximate surface area is 132 Å². The van der Waals surface area contributed by atoms with Gasteiger partial charge < -0.3 is 19.7 Å². The number of benzene rings is 1. The van der Waals surface area contributed by atoms with Crippen LogP contribution in [0.25, 0.3) is 0 Å². The van der Waals surface area contributed by atoms with E-state index >= 15 is 0 Å². The molecule has 0 unspecified atom stereocenters. The standard InChI is InChI=1S/C16H24BNO4/c1-10(18-14(19)21-15(2,3)4)11-7-8-12-13(9-11)17(20)22-16(12,5)6/h7-10,20H,1-6H3,(H,18,19)/t10-/m1/s1. The fourth-order valence-corrected chi connectivity index (χ4v) is 2.58. The van der Waals surface area contributed by atoms with Crippen LogP contribution in [-0.4, -0.2) is 23.8 Å². The van der Waals surface area contributed by atoms with Crippen LogP contribution in [0.2, 0.25) is 0 Å². The summed E-state index contributed by atoms with van der Waals surface area (Å²) in [5, 5.41) is 12.8. The summed E-state index contributed by atoms with van der Waals surface area (Å²) in [5.74, 6) is 0. The first-order chi connectivity index (χ1) is 9.99. The summed E-state index contributed by atoms with van der Waals surface area (Å²) < 4.78 is 10.8. The molecule has 1 aromatic carbocycles. The molecular formula is C16H24BNO4. The minimum atomic E-state index is -0.932. The molecule has 0 spiro atoms. The molecule has 1 aliphatic heterocycles. The Hall–Kier alpha value is -1.53. The van der Waals surface area contributed by atoms with Gasteiger partial charge in [0.15, 0.2) is 0 Å². The van der Waals surface area contributed by atoms with E-state index in [1.807, 2.05) is 59.7 Å². The van der Waals surface area contributed by atoms with E-state index in [1.54, 1.807) is 0 Å². The summed E-state index contributed by atoms with van der Waals surface area (Å²) in [7, 11) is -0.932. The third-order valence-electron chi connectivity index (χ3n) is 3.63. The maximum Gasteiger partial charge on any atom is 0.492 e. The number of carbonyl (C=O) groups is 1. The van der Waals surface area contributed by atoms with Gasteiger partial charge in [-0.3, -0.25) is 0 Å². The number of amides is 1. The summed E-state index contributed by atoms with van der Waals surface area (Å²) >= 11 is 0. The highest BCUT2D eigenvalue weighted by Crippen LogP contribution is 2.30. The highest BCUT2D eigenvalue weighted by Gasteiger charge is 2.40. The fraction of sp³-hybridized carbons (Fsp3) is 0.562. The average molecular weight is 305 g/mol. The van der Waals surface area contributed by atoms with Gasteiger partial charge in [0.25, 0.3) is 0 Å². The summed E-state index contributed by atoms with van der Waals surface area (Å²) in [6.07, 6.45) is -0.461. The highest BCUT2D eigenvalue weighted by atomic mass is 16.6. The van der Waals surface area contributed by atoms with E-state index in [9.17, 15) is 9.82 Å². The predicted molar refractivity (Wildman–Crippen MR) is 85.9 cm³/mol. The average Bonchev–Trinajstić information content (AvgIpc) is 2.57. The summed E-state index contributed by atoms with van der Waals surface area (Å²) in [4.78, 5) is 11.8. The molecule has 0 fully saturated rings. The molecule has 0 bridgehead atoms. The number of ether oxygens (including phenoxy) is 1. The molecule has 5 nitrogen and oxygen atoms in total. The van der Waals surface area contributed by atoms with Crippen molar-refractivity contribution >= 4 is 18.7 Å². The van der Waals surface area contributed by atoms with Crippen molar-refractivity contribution in [2.45, 2.75) is 58.8 Å². The summed E-state index contributed by atoms with van der Waals surface area (Å²) in [6.45, 7) is 11.2. The van der Waals surface area contributed by atoms with Crippen LogP contribution in [0.3, 0.4) is 0 Å². The molecule has 0 saturated heterocycles. The van der Waals surface area contributed by atoms with E-state index in [4.69, 9.17) is 9.39 Å². The second kappa shape index (κ2) is 5.59. The Morgan fingerprint density at radius 3 is 2.64 bits per heavy atom. The quantitative estimate of drug-likeness (QED) is 0.822. The highest BCUT2D eigenvalue weighted by molar-refractivity contribution is 6.62. The first-order valence-corrected chi connectivity index (χ1v) is 7.49. The number of carbonyl (C=O) groups excluding carboxylic acids is 1. The summed E-state index contributed by atoms with van der Waals surface area (Å²) in [6, 6.07) is 5.52. The molecule has 0 radical (unpaired) electrons. The zero-order chi connectivity index (χ0) is 16.7. The molecular weight excluding hydrogens is 281 g/mol. The predicted octanol–water partition coefficient (Wildman–Crippen LogP) is 2.23. The van der Waals surface area contributed by atoms with Gasteiger partial charge >= 0.3 is 13.2 Å². The first-order valence-electron chi connectivity index (χ1n) is 7.49. The van der Waals surface area contributed by atoms with Crippen LogP contribution >= 0.6 is 0 Å². The van der Waals surface area contributed by atoms with Crippen LogP contribution in [-0.2, 0) is 15.0 Å². The van der Waals surface area contributed by atoms with Gasteiger partial charge in [-0.05, 0) is 58.1 Å². The van der Waals surface area contributed by atoms with Gasteiger partial charge in [0.2, 0.25) is 0 Å². The van der Waals surface area contributed by atoms with E-state index in [0.717, 1.165) is 16.6 Å². The Morgan fingerprint density at radius 1 is 1.41 bits per heavy atom. The third kappa shape index (κ3) is 3.62. The van der Waals surface area contributed by atoms with Crippen molar-refractivity contribution in [3.63, 3.8) is 0 Å². The van der Waals surface area contributed by atoms with Crippen molar-refractivity contribution in [3.8, 4) is 0 Å². The number of hydrogen-bond donors (Lipinski definition) is 2. The van der Waals surface area contributed by atoms with Crippen molar-refractivity contribution in [2.24, 2.45) is 0 Å². The molecule has 6 heteroatoms. The Bertz CT molecular complexity index is 580. The number of alkyl carbamates (subject to hydrolysis) is 1. The summed E-state index contributed by atoms with van der Waals surface area (Å²) in [5.41, 5.74) is 1.57. The van der Waals surface area contributed by atoms with E-state index in [1.165, 1.54) is 0 Å². The molecule has 0 aromatic heterocycles. The number of rotatable bonds is 2. The molecule has 120 valence electrons. The molecule has 1 aliphatic rings. The van der Waals surface area contributed by atoms with Crippen LogP contribution in [0.4, 0.5) is 4.79 Å². The van der Waals surface area contributed by atoms with E-state index in [0.29, 0.717) is 0 Å². The van der Waals surface area contributed by atoms with Crippen molar-refractivity contribution in [1.82, 2.24) is 5.32 Å². The van der Waals surface area contributed by atoms with Crippen molar-refractivity contribution in [1.29, 1.82) is 0 Å². The molecule has 1 aromatic rings. The maximum absolute atomic E-state index is 11.8. The van der Waals surface area contributed by atoms with Crippen LogP contribution < -0.4 is 10.8 Å². The van der Waals surface area contributed by atoms with Crippen molar-refractivity contribution in [3.05, 3.63) is 29.3 Å². The van der Waals surface area contributed by atoms with Crippen LogP contribution in [0, 0.1) is 0 Å². The van der Waals surface area contributed by atoms with Gasteiger partial charge in [-0.2, -0.15) is 0 Å². The lowest BCUT2D eigenvalue weighted by Crippen LogP contribution is -2.35. The lowest BCUT2D eigenvalue weighted by Gasteiger charge is -2.23. The smallest absolute Gasteiger partial charge is 0.444 e. The molecule has 1 amide bonds. The van der Waals surface area contributed by atoms with Crippen molar-refractivity contribution in [2.75, 3.05) is 0 Å². The Morgan fingerprint density at radius 2 is 2.05 bits per heavy atom. The van der Waals surface area contributed by atoms with Gasteiger partial charge in [0, 0.05) is 0 Å². The second-order valence-electron chi connectivity index (χ2n) is 7.20. The number of fused-ring (bicyclic) bond motifs is 1. The SMILES string of the molecule is C[C@@H](NC(=O)OC(C)(C)C)c1ccc2c(c1)B(O)OC2(C)C. The third-order valence-corrected chi connectivity index (χ3v) is 3.63. The van der Waals surface area contributed by atoms with E-state index in [2.05, 4.69) is 5.32 Å². The minimum Gasteiger partial charge on any atom is -0.444 e. The van der Waals surface area contributed by atoms with Crippen molar-refractivity contribution < 1.29 is 19.2 Å². The molecule has 2 rings (SSSR count). The van der Waals surface area contributed by atoms with Gasteiger partial charge in [-0.15, -0.1) is 0 Å². The lowest BCUT2D eigenvalue weighted by atomic mass is 9.77. The Balaban J connectivity index is 2.14. The monoisotopic (exact) mass is 305 g/mol. The van der Waals surface area contributed by atoms with E-state index in [-0.39, 0.29) is 6.04 Å². The molecule has 0 saturated carbocycles. The van der Waals surface area contributed by atoms with Crippen LogP contribution in [0.1, 0.15) is 58.7 Å². The second-order valence-corrected chi connectivity index (χ2v) is 7.20. The molecule has 1 heterocycles. The largest absolute Gasteiger partial charge is 0.492 e. The van der Waals surface area contributed by atoms with E-state index < -0.39 is 24.4 Å². The minimum absolute atomic E-state index is 0.226. The number of hydrogen-bond acceptors (Lipinski definition) is 4. The maximum atomic E-state index is 11.8. The molecule has 22 heavy (non-hydrogen) atoms. The molecule has 2 N–H and O–H groups in total.